The zero-order valence-electron chi connectivity index (χ0n) is 14.7. The Hall–Kier alpha value is -2.83. The molecule has 2 rings (SSSR count). The highest BCUT2D eigenvalue weighted by Crippen LogP contribution is 2.33. The number of hydrogen-bond acceptors (Lipinski definition) is 7. The van der Waals surface area contributed by atoms with E-state index in [1.54, 1.807) is 31.2 Å². The van der Waals surface area contributed by atoms with Crippen molar-refractivity contribution in [3.8, 4) is 5.75 Å². The van der Waals surface area contributed by atoms with Crippen LogP contribution in [-0.4, -0.2) is 43.2 Å². The van der Waals surface area contributed by atoms with Gasteiger partial charge in [0.1, 0.15) is 18.1 Å². The van der Waals surface area contributed by atoms with Gasteiger partial charge in [-0.2, -0.15) is 0 Å². The van der Waals surface area contributed by atoms with Crippen molar-refractivity contribution in [2.45, 2.75) is 25.9 Å². The van der Waals surface area contributed by atoms with Crippen LogP contribution in [0, 0.1) is 11.8 Å². The lowest BCUT2D eigenvalue weighted by molar-refractivity contribution is -0.146. The number of carbonyl (C=O) groups is 3. The molecule has 7 heteroatoms. The molecule has 0 radical (unpaired) electrons. The average Bonchev–Trinajstić information content (AvgIpc) is 2.63. The summed E-state index contributed by atoms with van der Waals surface area (Å²) in [6, 6.07) is 6.60. The number of aldehydes is 1. The third-order valence-corrected chi connectivity index (χ3v) is 4.37. The topological polar surface area (TPSA) is 99.1 Å². The number of rotatable bonds is 7. The van der Waals surface area contributed by atoms with E-state index in [4.69, 9.17) is 14.2 Å². The summed E-state index contributed by atoms with van der Waals surface area (Å²) in [5.74, 6) is -2.26. The first kappa shape index (κ1) is 19.5. The van der Waals surface area contributed by atoms with Crippen LogP contribution in [0.1, 0.15) is 18.9 Å². The summed E-state index contributed by atoms with van der Waals surface area (Å²) >= 11 is 0. The highest BCUT2D eigenvalue weighted by atomic mass is 16.5. The lowest BCUT2D eigenvalue weighted by atomic mass is 9.80. The molecule has 1 heterocycles. The van der Waals surface area contributed by atoms with Gasteiger partial charge >= 0.3 is 11.9 Å². The second-order valence-electron chi connectivity index (χ2n) is 6.07. The normalized spacial score (nSPS) is 21.9. The minimum absolute atomic E-state index is 0.117. The van der Waals surface area contributed by atoms with Gasteiger partial charge in [0.05, 0.1) is 37.9 Å². The van der Waals surface area contributed by atoms with Crippen LogP contribution >= 0.6 is 0 Å². The Morgan fingerprint density at radius 2 is 1.96 bits per heavy atom. The fourth-order valence-electron chi connectivity index (χ4n) is 2.85. The zero-order valence-corrected chi connectivity index (χ0v) is 14.7. The number of carbonyl (C=O) groups excluding carboxylic acids is 3. The Labute approximate surface area is 151 Å². The molecule has 0 saturated carbocycles. The van der Waals surface area contributed by atoms with Gasteiger partial charge in [0.15, 0.2) is 0 Å². The van der Waals surface area contributed by atoms with Gasteiger partial charge in [-0.3, -0.25) is 4.79 Å². The van der Waals surface area contributed by atoms with E-state index in [0.717, 1.165) is 5.56 Å². The quantitative estimate of drug-likeness (QED) is 0.583. The largest absolute Gasteiger partial charge is 0.508 e. The van der Waals surface area contributed by atoms with E-state index in [1.165, 1.54) is 13.4 Å². The van der Waals surface area contributed by atoms with Gasteiger partial charge in [0.2, 0.25) is 0 Å². The molecule has 0 unspecified atom stereocenters. The number of phenols is 1. The first-order chi connectivity index (χ1) is 12.5. The van der Waals surface area contributed by atoms with Crippen LogP contribution in [0.2, 0.25) is 0 Å². The van der Waals surface area contributed by atoms with Gasteiger partial charge < -0.3 is 24.1 Å². The van der Waals surface area contributed by atoms with Gasteiger partial charge in [0, 0.05) is 12.3 Å². The maximum Gasteiger partial charge on any atom is 0.337 e. The number of aromatic hydroxyl groups is 1. The summed E-state index contributed by atoms with van der Waals surface area (Å²) in [4.78, 5) is 35.5. The van der Waals surface area contributed by atoms with Crippen molar-refractivity contribution in [1.82, 2.24) is 0 Å². The van der Waals surface area contributed by atoms with E-state index in [1.807, 2.05) is 0 Å². The van der Waals surface area contributed by atoms with E-state index in [-0.39, 0.29) is 24.4 Å². The van der Waals surface area contributed by atoms with Crippen molar-refractivity contribution < 1.29 is 33.7 Å². The van der Waals surface area contributed by atoms with Crippen molar-refractivity contribution in [2.75, 3.05) is 13.7 Å². The van der Waals surface area contributed by atoms with Crippen molar-refractivity contribution in [2.24, 2.45) is 11.8 Å². The second-order valence-corrected chi connectivity index (χ2v) is 6.07. The molecule has 0 fully saturated rings. The number of phenolic OH excluding ortho intramolecular Hbond substituents is 1. The van der Waals surface area contributed by atoms with Crippen LogP contribution in [0.15, 0.2) is 36.1 Å². The molecule has 1 aromatic rings. The Balaban J connectivity index is 1.96. The molecule has 0 amide bonds. The maximum absolute atomic E-state index is 12.2. The molecule has 3 atom stereocenters. The van der Waals surface area contributed by atoms with Gasteiger partial charge in [0.25, 0.3) is 0 Å². The fourth-order valence-corrected chi connectivity index (χ4v) is 2.85. The molecule has 0 aliphatic carbocycles. The molecule has 26 heavy (non-hydrogen) atoms. The number of methoxy groups -OCH3 is 1. The van der Waals surface area contributed by atoms with Crippen molar-refractivity contribution >= 4 is 18.2 Å². The fraction of sp³-hybridized carbons (Fsp3) is 0.421. The SMILES string of the molecule is COC(=O)C1=CO[C@H](C)[C@@H](C=O)[C@@H]1CC(=O)OCCc1ccc(O)cc1. The molecule has 0 aromatic heterocycles. The Morgan fingerprint density at radius 3 is 2.58 bits per heavy atom. The Morgan fingerprint density at radius 1 is 1.27 bits per heavy atom. The predicted octanol–water partition coefficient (Wildman–Crippen LogP) is 1.77. The van der Waals surface area contributed by atoms with E-state index >= 15 is 0 Å². The molecule has 1 aliphatic rings. The standard InChI is InChI=1S/C19H22O7/c1-12-16(10-20)15(17(11-26-12)19(23)24-2)9-18(22)25-8-7-13-3-5-14(21)6-4-13/h3-6,10-12,15-16,21H,7-9H2,1-2H3/t12-,15+,16-/m1/s1. The van der Waals surface area contributed by atoms with Gasteiger partial charge in [-0.05, 0) is 24.6 Å². The average molecular weight is 362 g/mol. The minimum Gasteiger partial charge on any atom is -0.508 e. The van der Waals surface area contributed by atoms with Crippen molar-refractivity contribution in [3.05, 3.63) is 41.7 Å². The summed E-state index contributed by atoms with van der Waals surface area (Å²) < 4.78 is 15.2. The Kier molecular flexibility index (Phi) is 6.77. The van der Waals surface area contributed by atoms with Gasteiger partial charge in [-0.25, -0.2) is 4.79 Å². The molecular formula is C19H22O7. The highest BCUT2D eigenvalue weighted by molar-refractivity contribution is 5.90. The van der Waals surface area contributed by atoms with E-state index in [0.29, 0.717) is 12.7 Å². The van der Waals surface area contributed by atoms with E-state index in [2.05, 4.69) is 0 Å². The minimum atomic E-state index is -0.648. The zero-order chi connectivity index (χ0) is 19.1. The van der Waals surface area contributed by atoms with Crippen LogP contribution in [0.4, 0.5) is 0 Å². The lowest BCUT2D eigenvalue weighted by Crippen LogP contribution is -2.37. The van der Waals surface area contributed by atoms with E-state index < -0.39 is 29.9 Å². The molecule has 1 aromatic carbocycles. The molecule has 0 bridgehead atoms. The summed E-state index contributed by atoms with van der Waals surface area (Å²) in [6.07, 6.45) is 1.87. The molecule has 1 N–H and O–H groups in total. The van der Waals surface area contributed by atoms with Crippen LogP contribution in [0.5, 0.6) is 5.75 Å². The number of ether oxygens (including phenoxy) is 3. The lowest BCUT2D eigenvalue weighted by Gasteiger charge is -2.32. The molecule has 1 aliphatic heterocycles. The van der Waals surface area contributed by atoms with Crippen molar-refractivity contribution in [1.29, 1.82) is 0 Å². The van der Waals surface area contributed by atoms with Gasteiger partial charge in [-0.1, -0.05) is 12.1 Å². The smallest absolute Gasteiger partial charge is 0.337 e. The first-order valence-corrected chi connectivity index (χ1v) is 8.29. The molecule has 140 valence electrons. The third-order valence-electron chi connectivity index (χ3n) is 4.37. The highest BCUT2D eigenvalue weighted by Gasteiger charge is 2.39. The molecule has 0 saturated heterocycles. The predicted molar refractivity (Wildman–Crippen MR) is 91.1 cm³/mol. The van der Waals surface area contributed by atoms with Crippen LogP contribution in [0.25, 0.3) is 0 Å². The first-order valence-electron chi connectivity index (χ1n) is 8.29. The summed E-state index contributed by atoms with van der Waals surface area (Å²) in [5, 5.41) is 9.25. The summed E-state index contributed by atoms with van der Waals surface area (Å²) in [5.41, 5.74) is 1.06. The van der Waals surface area contributed by atoms with Crippen LogP contribution in [0.3, 0.4) is 0 Å². The number of hydrogen-bond donors (Lipinski definition) is 1. The van der Waals surface area contributed by atoms with Crippen LogP contribution in [-0.2, 0) is 35.0 Å². The van der Waals surface area contributed by atoms with Gasteiger partial charge in [-0.15, -0.1) is 0 Å². The molecular weight excluding hydrogens is 340 g/mol. The maximum atomic E-state index is 12.2. The summed E-state index contributed by atoms with van der Waals surface area (Å²) in [6.45, 7) is 1.86. The van der Waals surface area contributed by atoms with Crippen LogP contribution < -0.4 is 0 Å². The third kappa shape index (κ3) is 4.84. The molecule has 0 spiro atoms. The second kappa shape index (κ2) is 9.03. The molecule has 7 nitrogen and oxygen atoms in total. The monoisotopic (exact) mass is 362 g/mol. The Bertz CT molecular complexity index is 678. The van der Waals surface area contributed by atoms with E-state index in [9.17, 15) is 19.5 Å². The number of benzene rings is 1. The van der Waals surface area contributed by atoms with Crippen molar-refractivity contribution in [3.63, 3.8) is 0 Å². The number of esters is 2. The summed E-state index contributed by atoms with van der Waals surface area (Å²) in [7, 11) is 1.23.